The zero-order valence-electron chi connectivity index (χ0n) is 17.5. The van der Waals surface area contributed by atoms with Crippen LogP contribution in [0, 0.1) is 0 Å². The van der Waals surface area contributed by atoms with Gasteiger partial charge in [-0.05, 0) is 56.4 Å². The first-order valence-corrected chi connectivity index (χ1v) is 12.3. The number of rotatable bonds is 3. The molecular weight excluding hydrogens is 430 g/mol. The van der Waals surface area contributed by atoms with Gasteiger partial charge in [-0.1, -0.05) is 18.0 Å². The van der Waals surface area contributed by atoms with E-state index >= 15 is 0 Å². The van der Waals surface area contributed by atoms with Crippen LogP contribution in [0.1, 0.15) is 47.4 Å². The second-order valence-corrected chi connectivity index (χ2v) is 9.48. The SMILES string of the molecule is O=C(c1nn(-c2ccc(Cl)cc2)c2c1CCCCC2)N1CCCN(c2nccs2)CC1. The average molecular weight is 456 g/mol. The molecule has 2 aromatic heterocycles. The molecule has 5 rings (SSSR count). The number of aromatic nitrogens is 3. The Balaban J connectivity index is 1.44. The molecule has 0 atom stereocenters. The maximum absolute atomic E-state index is 13.6. The van der Waals surface area contributed by atoms with Crippen LogP contribution in [0.2, 0.25) is 5.02 Å². The molecule has 1 aliphatic carbocycles. The fraction of sp³-hybridized carbons (Fsp3) is 0.435. The highest BCUT2D eigenvalue weighted by Gasteiger charge is 2.29. The normalized spacial score (nSPS) is 17.2. The highest BCUT2D eigenvalue weighted by Crippen LogP contribution is 2.28. The van der Waals surface area contributed by atoms with Gasteiger partial charge in [-0.15, -0.1) is 11.3 Å². The summed E-state index contributed by atoms with van der Waals surface area (Å²) in [5, 5.41) is 8.61. The zero-order valence-corrected chi connectivity index (χ0v) is 19.0. The number of benzene rings is 1. The molecule has 3 heterocycles. The van der Waals surface area contributed by atoms with Crippen LogP contribution in [0.5, 0.6) is 0 Å². The summed E-state index contributed by atoms with van der Waals surface area (Å²) in [6.07, 6.45) is 8.08. The molecular formula is C23H26ClN5OS. The van der Waals surface area contributed by atoms with E-state index in [1.807, 2.05) is 45.4 Å². The first-order valence-electron chi connectivity index (χ1n) is 11.0. The Morgan fingerprint density at radius 3 is 2.61 bits per heavy atom. The van der Waals surface area contributed by atoms with Crippen LogP contribution in [-0.4, -0.2) is 51.8 Å². The quantitative estimate of drug-likeness (QED) is 0.541. The number of carbonyl (C=O) groups is 1. The molecule has 0 unspecified atom stereocenters. The van der Waals surface area contributed by atoms with Crippen molar-refractivity contribution >= 4 is 34.0 Å². The van der Waals surface area contributed by atoms with Gasteiger partial charge in [-0.3, -0.25) is 4.79 Å². The lowest BCUT2D eigenvalue weighted by molar-refractivity contribution is 0.0759. The van der Waals surface area contributed by atoms with Gasteiger partial charge in [0.1, 0.15) is 0 Å². The van der Waals surface area contributed by atoms with E-state index in [4.69, 9.17) is 16.7 Å². The molecule has 1 aromatic carbocycles. The summed E-state index contributed by atoms with van der Waals surface area (Å²) in [5.74, 6) is 0.0619. The van der Waals surface area contributed by atoms with Gasteiger partial charge in [0.2, 0.25) is 0 Å². The number of anilines is 1. The summed E-state index contributed by atoms with van der Waals surface area (Å²) < 4.78 is 1.98. The maximum atomic E-state index is 13.6. The van der Waals surface area contributed by atoms with Crippen LogP contribution in [0.15, 0.2) is 35.8 Å². The molecule has 2 aliphatic rings. The Morgan fingerprint density at radius 2 is 1.81 bits per heavy atom. The van der Waals surface area contributed by atoms with Gasteiger partial charge >= 0.3 is 0 Å². The lowest BCUT2D eigenvalue weighted by Gasteiger charge is -2.21. The third kappa shape index (κ3) is 4.21. The van der Waals surface area contributed by atoms with Crippen molar-refractivity contribution in [1.29, 1.82) is 0 Å². The second-order valence-electron chi connectivity index (χ2n) is 8.17. The van der Waals surface area contributed by atoms with E-state index < -0.39 is 0 Å². The molecule has 1 fully saturated rings. The standard InChI is InChI=1S/C23H26ClN5OS/c24-17-7-9-18(10-8-17)29-20-6-3-1-2-5-19(20)21(26-29)22(30)27-12-4-13-28(15-14-27)23-25-11-16-31-23/h7-11,16H,1-6,12-15H2. The summed E-state index contributed by atoms with van der Waals surface area (Å²) in [6, 6.07) is 7.72. The van der Waals surface area contributed by atoms with Crippen molar-refractivity contribution in [1.82, 2.24) is 19.7 Å². The van der Waals surface area contributed by atoms with Gasteiger partial charge in [0.05, 0.1) is 5.69 Å². The Kier molecular flexibility index (Phi) is 5.96. The van der Waals surface area contributed by atoms with E-state index in [1.165, 1.54) is 12.1 Å². The fourth-order valence-electron chi connectivity index (χ4n) is 4.58. The topological polar surface area (TPSA) is 54.3 Å². The number of fused-ring (bicyclic) bond motifs is 1. The minimum Gasteiger partial charge on any atom is -0.346 e. The minimum absolute atomic E-state index is 0.0619. The van der Waals surface area contributed by atoms with E-state index in [0.717, 1.165) is 68.1 Å². The van der Waals surface area contributed by atoms with Gasteiger partial charge in [-0.2, -0.15) is 5.10 Å². The molecule has 162 valence electrons. The molecule has 0 radical (unpaired) electrons. The van der Waals surface area contributed by atoms with Gasteiger partial charge in [0.25, 0.3) is 5.91 Å². The Morgan fingerprint density at radius 1 is 0.968 bits per heavy atom. The summed E-state index contributed by atoms with van der Waals surface area (Å²) in [4.78, 5) is 22.3. The number of halogens is 1. The average Bonchev–Trinajstić information content (AvgIpc) is 3.28. The van der Waals surface area contributed by atoms with Gasteiger partial charge in [-0.25, -0.2) is 9.67 Å². The van der Waals surface area contributed by atoms with Gasteiger partial charge in [0, 0.05) is 54.0 Å². The van der Waals surface area contributed by atoms with Crippen LogP contribution in [0.4, 0.5) is 5.13 Å². The minimum atomic E-state index is 0.0619. The lowest BCUT2D eigenvalue weighted by Crippen LogP contribution is -2.36. The van der Waals surface area contributed by atoms with Crippen molar-refractivity contribution < 1.29 is 4.79 Å². The first kappa shape index (κ1) is 20.5. The number of hydrogen-bond acceptors (Lipinski definition) is 5. The van der Waals surface area contributed by atoms with Crippen molar-refractivity contribution in [2.24, 2.45) is 0 Å². The molecule has 6 nitrogen and oxygen atoms in total. The predicted octanol–water partition coefficient (Wildman–Crippen LogP) is 4.60. The Bertz CT molecular complexity index is 1050. The number of thiazole rings is 1. The van der Waals surface area contributed by atoms with Crippen LogP contribution >= 0.6 is 22.9 Å². The molecule has 1 aliphatic heterocycles. The van der Waals surface area contributed by atoms with Crippen LogP contribution in [-0.2, 0) is 12.8 Å². The summed E-state index contributed by atoms with van der Waals surface area (Å²) in [5.41, 5.74) is 3.92. The van der Waals surface area contributed by atoms with Crippen molar-refractivity contribution in [3.63, 3.8) is 0 Å². The van der Waals surface area contributed by atoms with Crippen LogP contribution in [0.3, 0.4) is 0 Å². The van der Waals surface area contributed by atoms with E-state index in [9.17, 15) is 4.79 Å². The molecule has 3 aromatic rings. The third-order valence-electron chi connectivity index (χ3n) is 6.18. The molecule has 31 heavy (non-hydrogen) atoms. The molecule has 8 heteroatoms. The second kappa shape index (κ2) is 9.01. The lowest BCUT2D eigenvalue weighted by atomic mass is 10.1. The van der Waals surface area contributed by atoms with Crippen molar-refractivity contribution in [3.8, 4) is 5.69 Å². The molecule has 0 saturated carbocycles. The summed E-state index contributed by atoms with van der Waals surface area (Å²) in [7, 11) is 0. The molecule has 1 amide bonds. The Hall–Kier alpha value is -2.38. The van der Waals surface area contributed by atoms with Crippen molar-refractivity contribution in [2.75, 3.05) is 31.1 Å². The number of amides is 1. The van der Waals surface area contributed by atoms with Crippen molar-refractivity contribution in [2.45, 2.75) is 38.5 Å². The van der Waals surface area contributed by atoms with Gasteiger partial charge < -0.3 is 9.80 Å². The van der Waals surface area contributed by atoms with Gasteiger partial charge in [0.15, 0.2) is 10.8 Å². The van der Waals surface area contributed by atoms with E-state index in [2.05, 4.69) is 9.88 Å². The Labute approximate surface area is 191 Å². The fourth-order valence-corrected chi connectivity index (χ4v) is 5.40. The highest BCUT2D eigenvalue weighted by molar-refractivity contribution is 7.13. The number of nitrogens with zero attached hydrogens (tertiary/aromatic N) is 5. The molecule has 0 bridgehead atoms. The zero-order chi connectivity index (χ0) is 21.2. The van der Waals surface area contributed by atoms with Crippen LogP contribution in [0.25, 0.3) is 5.69 Å². The molecule has 0 spiro atoms. The maximum Gasteiger partial charge on any atom is 0.274 e. The smallest absolute Gasteiger partial charge is 0.274 e. The number of hydrogen-bond donors (Lipinski definition) is 0. The third-order valence-corrected chi connectivity index (χ3v) is 7.26. The molecule has 0 N–H and O–H groups in total. The van der Waals surface area contributed by atoms with E-state index in [1.54, 1.807) is 11.3 Å². The monoisotopic (exact) mass is 455 g/mol. The first-order chi connectivity index (χ1) is 15.2. The van der Waals surface area contributed by atoms with Crippen LogP contribution < -0.4 is 4.90 Å². The van der Waals surface area contributed by atoms with E-state index in [0.29, 0.717) is 17.3 Å². The largest absolute Gasteiger partial charge is 0.346 e. The summed E-state index contributed by atoms with van der Waals surface area (Å²) >= 11 is 7.75. The predicted molar refractivity (Wildman–Crippen MR) is 125 cm³/mol. The number of carbonyl (C=O) groups excluding carboxylic acids is 1. The molecule has 1 saturated heterocycles. The highest BCUT2D eigenvalue weighted by atomic mass is 35.5. The van der Waals surface area contributed by atoms with E-state index in [-0.39, 0.29) is 5.91 Å². The van der Waals surface area contributed by atoms with Crippen molar-refractivity contribution in [3.05, 3.63) is 57.8 Å². The summed E-state index contributed by atoms with van der Waals surface area (Å²) in [6.45, 7) is 3.18.